The highest BCUT2D eigenvalue weighted by Crippen LogP contribution is 2.31. The number of nitrogens with two attached hydrogens (primary N) is 1. The lowest BCUT2D eigenvalue weighted by atomic mass is 9.87. The largest absolute Gasteiger partial charge is 0.344 e. The first-order valence-electron chi connectivity index (χ1n) is 9.38. The van der Waals surface area contributed by atoms with Gasteiger partial charge in [0.2, 0.25) is 0 Å². The molecule has 0 radical (unpaired) electrons. The third kappa shape index (κ3) is 3.75. The van der Waals surface area contributed by atoms with Gasteiger partial charge in [-0.3, -0.25) is 15.0 Å². The SMILES string of the molecule is CC[C@]1(c2ccccc2)NC(=O)N(NC(=O)C[NH2+][C@@H](C)c2ccccc2)C1=O. The second kappa shape index (κ2) is 8.22. The number of amides is 4. The molecule has 1 heterocycles. The van der Waals surface area contributed by atoms with E-state index in [4.69, 9.17) is 0 Å². The number of hydrazine groups is 1. The Labute approximate surface area is 164 Å². The van der Waals surface area contributed by atoms with Crippen LogP contribution in [-0.2, 0) is 15.1 Å². The molecule has 0 spiro atoms. The number of urea groups is 1. The molecule has 1 aliphatic rings. The number of benzene rings is 2. The van der Waals surface area contributed by atoms with E-state index in [1.807, 2.05) is 67.7 Å². The maximum absolute atomic E-state index is 13.0. The van der Waals surface area contributed by atoms with Gasteiger partial charge in [0.15, 0.2) is 6.54 Å². The summed E-state index contributed by atoms with van der Waals surface area (Å²) in [6.45, 7) is 3.91. The van der Waals surface area contributed by atoms with Crippen molar-refractivity contribution in [3.8, 4) is 0 Å². The Balaban J connectivity index is 1.65. The molecule has 2 aromatic rings. The first-order valence-corrected chi connectivity index (χ1v) is 9.38. The van der Waals surface area contributed by atoms with Gasteiger partial charge < -0.3 is 10.6 Å². The molecular weight excluding hydrogens is 356 g/mol. The minimum Gasteiger partial charge on any atom is -0.332 e. The van der Waals surface area contributed by atoms with Gasteiger partial charge in [0.05, 0.1) is 0 Å². The van der Waals surface area contributed by atoms with Gasteiger partial charge in [-0.15, -0.1) is 0 Å². The second-order valence-corrected chi connectivity index (χ2v) is 6.87. The Morgan fingerprint density at radius 2 is 1.71 bits per heavy atom. The van der Waals surface area contributed by atoms with Crippen molar-refractivity contribution in [2.24, 2.45) is 0 Å². The highest BCUT2D eigenvalue weighted by atomic mass is 16.2. The van der Waals surface area contributed by atoms with Gasteiger partial charge in [-0.2, -0.15) is 5.01 Å². The summed E-state index contributed by atoms with van der Waals surface area (Å²) < 4.78 is 0. The number of quaternary nitrogens is 1. The first kappa shape index (κ1) is 19.6. The predicted octanol–water partition coefficient (Wildman–Crippen LogP) is 1.20. The molecule has 0 aromatic heterocycles. The lowest BCUT2D eigenvalue weighted by molar-refractivity contribution is -0.682. The van der Waals surface area contributed by atoms with Crippen LogP contribution in [0.1, 0.15) is 37.4 Å². The number of carbonyl (C=O) groups is 3. The number of carbonyl (C=O) groups excluding carboxylic acids is 3. The molecule has 7 heteroatoms. The normalized spacial score (nSPS) is 20.0. The summed E-state index contributed by atoms with van der Waals surface area (Å²) in [4.78, 5) is 37.7. The van der Waals surface area contributed by atoms with Crippen LogP contribution in [0.4, 0.5) is 4.79 Å². The smallest absolute Gasteiger partial charge is 0.332 e. The number of nitrogens with zero attached hydrogens (tertiary/aromatic N) is 1. The molecule has 1 saturated heterocycles. The molecule has 0 unspecified atom stereocenters. The van der Waals surface area contributed by atoms with Gasteiger partial charge in [0.25, 0.3) is 11.8 Å². The Kier molecular flexibility index (Phi) is 5.75. The Morgan fingerprint density at radius 3 is 2.32 bits per heavy atom. The van der Waals surface area contributed by atoms with Gasteiger partial charge in [0.1, 0.15) is 11.6 Å². The Morgan fingerprint density at radius 1 is 1.11 bits per heavy atom. The molecule has 3 rings (SSSR count). The van der Waals surface area contributed by atoms with Crippen LogP contribution in [0.2, 0.25) is 0 Å². The average Bonchev–Trinajstić information content (AvgIpc) is 2.98. The molecule has 1 fully saturated rings. The maximum Gasteiger partial charge on any atom is 0.344 e. The molecule has 146 valence electrons. The average molecular weight is 381 g/mol. The molecular formula is C21H25N4O3+. The number of imide groups is 1. The van der Waals surface area contributed by atoms with Gasteiger partial charge in [-0.05, 0) is 18.9 Å². The first-order chi connectivity index (χ1) is 13.5. The van der Waals surface area contributed by atoms with E-state index in [0.717, 1.165) is 10.6 Å². The molecule has 0 bridgehead atoms. The highest BCUT2D eigenvalue weighted by Gasteiger charge is 2.52. The van der Waals surface area contributed by atoms with Crippen molar-refractivity contribution in [2.75, 3.05) is 6.54 Å². The topological polar surface area (TPSA) is 95.1 Å². The van der Waals surface area contributed by atoms with Crippen molar-refractivity contribution >= 4 is 17.8 Å². The molecule has 4 amide bonds. The van der Waals surface area contributed by atoms with Crippen LogP contribution < -0.4 is 16.1 Å². The van der Waals surface area contributed by atoms with E-state index < -0.39 is 23.4 Å². The Bertz CT molecular complexity index is 856. The third-order valence-electron chi connectivity index (χ3n) is 5.11. The van der Waals surface area contributed by atoms with Crippen LogP contribution in [0.15, 0.2) is 60.7 Å². The minimum absolute atomic E-state index is 0.0779. The van der Waals surface area contributed by atoms with Gasteiger partial charge >= 0.3 is 6.03 Å². The fraction of sp³-hybridized carbons (Fsp3) is 0.286. The zero-order valence-corrected chi connectivity index (χ0v) is 16.0. The Hall–Kier alpha value is -3.19. The second-order valence-electron chi connectivity index (χ2n) is 6.87. The van der Waals surface area contributed by atoms with E-state index >= 15 is 0 Å². The quantitative estimate of drug-likeness (QED) is 0.629. The van der Waals surface area contributed by atoms with Crippen LogP contribution >= 0.6 is 0 Å². The molecule has 4 N–H and O–H groups in total. The zero-order valence-electron chi connectivity index (χ0n) is 16.0. The van der Waals surface area contributed by atoms with Crippen LogP contribution in [0.5, 0.6) is 0 Å². The summed E-state index contributed by atoms with van der Waals surface area (Å²) in [5.74, 6) is -0.887. The number of hydrogen-bond acceptors (Lipinski definition) is 3. The lowest BCUT2D eigenvalue weighted by Crippen LogP contribution is -2.87. The minimum atomic E-state index is -1.16. The van der Waals surface area contributed by atoms with Crippen LogP contribution in [0.25, 0.3) is 0 Å². The van der Waals surface area contributed by atoms with Gasteiger partial charge in [-0.25, -0.2) is 4.79 Å². The molecule has 0 aliphatic carbocycles. The standard InChI is InChI=1S/C21H24N4O3/c1-3-21(17-12-8-5-9-13-17)19(27)25(20(28)23-21)24-18(26)14-22-15(2)16-10-6-4-7-11-16/h4-13,15,22H,3,14H2,1-2H3,(H,23,28)(H,24,26)/p+1/t15-,21+/m0/s1. The van der Waals surface area contributed by atoms with Crippen LogP contribution in [0, 0.1) is 0 Å². The van der Waals surface area contributed by atoms with E-state index in [0.29, 0.717) is 12.0 Å². The maximum atomic E-state index is 13.0. The summed E-state index contributed by atoms with van der Waals surface area (Å²) in [7, 11) is 0. The summed E-state index contributed by atoms with van der Waals surface area (Å²) >= 11 is 0. The molecule has 0 saturated carbocycles. The monoisotopic (exact) mass is 381 g/mol. The summed E-state index contributed by atoms with van der Waals surface area (Å²) in [5, 5.41) is 5.39. The van der Waals surface area contributed by atoms with Crippen molar-refractivity contribution in [1.82, 2.24) is 15.8 Å². The molecule has 2 aromatic carbocycles. The van der Waals surface area contributed by atoms with Crippen molar-refractivity contribution in [1.29, 1.82) is 0 Å². The van der Waals surface area contributed by atoms with E-state index in [1.165, 1.54) is 0 Å². The molecule has 1 aliphatic heterocycles. The third-order valence-corrected chi connectivity index (χ3v) is 5.11. The lowest BCUT2D eigenvalue weighted by Gasteiger charge is -2.25. The fourth-order valence-corrected chi connectivity index (χ4v) is 3.39. The van der Waals surface area contributed by atoms with E-state index in [-0.39, 0.29) is 12.6 Å². The number of hydrogen-bond donors (Lipinski definition) is 3. The number of rotatable bonds is 7. The van der Waals surface area contributed by atoms with E-state index in [2.05, 4.69) is 10.7 Å². The van der Waals surface area contributed by atoms with E-state index in [1.54, 1.807) is 12.1 Å². The summed E-state index contributed by atoms with van der Waals surface area (Å²) in [6, 6.07) is 18.3. The summed E-state index contributed by atoms with van der Waals surface area (Å²) in [6.07, 6.45) is 0.380. The molecule has 28 heavy (non-hydrogen) atoms. The van der Waals surface area contributed by atoms with Crippen molar-refractivity contribution in [2.45, 2.75) is 31.8 Å². The summed E-state index contributed by atoms with van der Waals surface area (Å²) in [5.41, 5.74) is 3.07. The van der Waals surface area contributed by atoms with Crippen LogP contribution in [0.3, 0.4) is 0 Å². The van der Waals surface area contributed by atoms with Crippen molar-refractivity contribution in [3.05, 3.63) is 71.8 Å². The molecule has 2 atom stereocenters. The van der Waals surface area contributed by atoms with Gasteiger partial charge in [-0.1, -0.05) is 67.6 Å². The number of nitrogens with one attached hydrogen (secondary N) is 2. The van der Waals surface area contributed by atoms with Gasteiger partial charge in [0, 0.05) is 5.56 Å². The molecule has 7 nitrogen and oxygen atoms in total. The van der Waals surface area contributed by atoms with Crippen molar-refractivity contribution < 1.29 is 19.7 Å². The van der Waals surface area contributed by atoms with Crippen molar-refractivity contribution in [3.63, 3.8) is 0 Å². The highest BCUT2D eigenvalue weighted by molar-refractivity contribution is 6.08. The predicted molar refractivity (Wildman–Crippen MR) is 104 cm³/mol. The van der Waals surface area contributed by atoms with E-state index in [9.17, 15) is 14.4 Å². The zero-order chi connectivity index (χ0) is 20.1. The van der Waals surface area contributed by atoms with Crippen LogP contribution in [-0.4, -0.2) is 29.4 Å². The fourth-order valence-electron chi connectivity index (χ4n) is 3.39.